The summed E-state index contributed by atoms with van der Waals surface area (Å²) in [5, 5.41) is 13.2. The van der Waals surface area contributed by atoms with Crippen LogP contribution < -0.4 is 26.2 Å². The van der Waals surface area contributed by atoms with E-state index in [-0.39, 0.29) is 22.0 Å². The van der Waals surface area contributed by atoms with Crippen molar-refractivity contribution in [1.29, 1.82) is 0 Å². The number of alkyl halides is 4. The SMILES string of the molecule is CSCNC(=O)Nc1cccc(S(=O)(=O)Nc2ccc(NNC(=O)C(F)(F)C(F)(F)C(=O)O)cc2)c1. The van der Waals surface area contributed by atoms with E-state index in [1.54, 1.807) is 6.26 Å². The summed E-state index contributed by atoms with van der Waals surface area (Å²) in [5.74, 6) is -16.6. The van der Waals surface area contributed by atoms with Crippen LogP contribution in [-0.2, 0) is 19.6 Å². The fourth-order valence-corrected chi connectivity index (χ4v) is 3.75. The summed E-state index contributed by atoms with van der Waals surface area (Å²) in [6.07, 6.45) is 1.78. The first kappa shape index (κ1) is 28.5. The lowest BCUT2D eigenvalue weighted by Gasteiger charge is -2.22. The van der Waals surface area contributed by atoms with Gasteiger partial charge < -0.3 is 15.7 Å². The highest BCUT2D eigenvalue weighted by Gasteiger charge is 2.67. The van der Waals surface area contributed by atoms with Gasteiger partial charge in [-0.05, 0) is 48.7 Å². The van der Waals surface area contributed by atoms with E-state index < -0.39 is 39.8 Å². The molecule has 0 saturated carbocycles. The van der Waals surface area contributed by atoms with E-state index in [4.69, 9.17) is 5.11 Å². The number of amides is 3. The monoisotopic (exact) mass is 553 g/mol. The predicted molar refractivity (Wildman–Crippen MR) is 124 cm³/mol. The summed E-state index contributed by atoms with van der Waals surface area (Å²) < 4.78 is 80.5. The molecule has 0 aliphatic carbocycles. The molecule has 0 aliphatic heterocycles. The van der Waals surface area contributed by atoms with Gasteiger partial charge >= 0.3 is 29.8 Å². The van der Waals surface area contributed by atoms with Gasteiger partial charge in [-0.25, -0.2) is 18.0 Å². The van der Waals surface area contributed by atoms with Crippen LogP contribution in [0.1, 0.15) is 0 Å². The average Bonchev–Trinajstić information content (AvgIpc) is 2.81. The zero-order valence-electron chi connectivity index (χ0n) is 18.1. The van der Waals surface area contributed by atoms with Crippen molar-refractivity contribution >= 4 is 56.8 Å². The smallest absolute Gasteiger partial charge is 0.413 e. The van der Waals surface area contributed by atoms with Gasteiger partial charge in [-0.1, -0.05) is 6.07 Å². The Morgan fingerprint density at radius 2 is 1.56 bits per heavy atom. The molecule has 0 heterocycles. The van der Waals surface area contributed by atoms with E-state index >= 15 is 0 Å². The summed E-state index contributed by atoms with van der Waals surface area (Å²) >= 11 is 1.37. The Morgan fingerprint density at radius 1 is 0.944 bits per heavy atom. The predicted octanol–water partition coefficient (Wildman–Crippen LogP) is 2.73. The van der Waals surface area contributed by atoms with Crippen LogP contribution in [0.4, 0.5) is 39.4 Å². The Hall–Kier alpha value is -3.73. The third-order valence-electron chi connectivity index (χ3n) is 4.18. The maximum atomic E-state index is 13.4. The summed E-state index contributed by atoms with van der Waals surface area (Å²) in [5.41, 5.74) is 3.25. The van der Waals surface area contributed by atoms with Gasteiger partial charge in [0.2, 0.25) is 0 Å². The minimum absolute atomic E-state index is 0.00527. The zero-order valence-corrected chi connectivity index (χ0v) is 19.8. The lowest BCUT2D eigenvalue weighted by Crippen LogP contribution is -2.57. The fraction of sp³-hybridized carbons (Fsp3) is 0.211. The second-order valence-electron chi connectivity index (χ2n) is 6.81. The van der Waals surface area contributed by atoms with Crippen LogP contribution in [-0.4, -0.2) is 55.4 Å². The van der Waals surface area contributed by atoms with Crippen molar-refractivity contribution in [2.45, 2.75) is 16.7 Å². The van der Waals surface area contributed by atoms with Crippen LogP contribution in [0, 0.1) is 0 Å². The third kappa shape index (κ3) is 6.91. The molecule has 2 rings (SSSR count). The first-order valence-corrected chi connectivity index (χ1v) is 12.4. The maximum Gasteiger partial charge on any atom is 0.413 e. The summed E-state index contributed by atoms with van der Waals surface area (Å²) in [7, 11) is -4.13. The number of carboxylic acids is 1. The average molecular weight is 554 g/mol. The minimum Gasteiger partial charge on any atom is -0.477 e. The molecule has 196 valence electrons. The number of carboxylic acid groups (broad SMARTS) is 1. The number of benzene rings is 2. The molecule has 2 aromatic rings. The van der Waals surface area contributed by atoms with Crippen molar-refractivity contribution in [3.8, 4) is 0 Å². The fourth-order valence-electron chi connectivity index (χ4n) is 2.37. The first-order chi connectivity index (χ1) is 16.7. The molecule has 0 spiro atoms. The molecule has 3 amide bonds. The third-order valence-corrected chi connectivity index (χ3v) is 6.00. The molecular formula is C19H19F4N5O6S2. The first-order valence-electron chi connectivity index (χ1n) is 9.53. The molecule has 0 atom stereocenters. The number of anilines is 3. The van der Waals surface area contributed by atoms with Crippen LogP contribution in [0.25, 0.3) is 0 Å². The highest BCUT2D eigenvalue weighted by Crippen LogP contribution is 2.34. The Bertz CT molecular complexity index is 1230. The topological polar surface area (TPSA) is 166 Å². The molecule has 0 fully saturated rings. The molecular weight excluding hydrogens is 534 g/mol. The number of halogens is 4. The van der Waals surface area contributed by atoms with Gasteiger partial charge in [0.15, 0.2) is 0 Å². The molecule has 0 saturated heterocycles. The highest BCUT2D eigenvalue weighted by molar-refractivity contribution is 7.98. The van der Waals surface area contributed by atoms with Crippen LogP contribution >= 0.6 is 11.8 Å². The number of hydrogen-bond acceptors (Lipinski definition) is 7. The van der Waals surface area contributed by atoms with Crippen molar-refractivity contribution in [3.63, 3.8) is 0 Å². The molecule has 0 bridgehead atoms. The lowest BCUT2D eigenvalue weighted by molar-refractivity contribution is -0.222. The second-order valence-corrected chi connectivity index (χ2v) is 9.36. The van der Waals surface area contributed by atoms with Crippen LogP contribution in [0.3, 0.4) is 0 Å². The Morgan fingerprint density at radius 3 is 2.14 bits per heavy atom. The van der Waals surface area contributed by atoms with Gasteiger partial charge in [0.05, 0.1) is 16.5 Å². The molecule has 0 aliphatic rings. The largest absolute Gasteiger partial charge is 0.477 e. The van der Waals surface area contributed by atoms with Crippen molar-refractivity contribution < 1.29 is 45.5 Å². The van der Waals surface area contributed by atoms with Crippen molar-refractivity contribution in [1.82, 2.24) is 10.7 Å². The van der Waals surface area contributed by atoms with Crippen molar-refractivity contribution in [3.05, 3.63) is 48.5 Å². The Kier molecular flexibility index (Phi) is 8.98. The van der Waals surface area contributed by atoms with Gasteiger partial charge in [-0.2, -0.15) is 17.6 Å². The number of thioether (sulfide) groups is 1. The summed E-state index contributed by atoms with van der Waals surface area (Å²) in [6.45, 7) is 0. The van der Waals surface area contributed by atoms with Crippen molar-refractivity contribution in [2.75, 3.05) is 27.6 Å². The quantitative estimate of drug-likeness (QED) is 0.140. The number of sulfonamides is 1. The van der Waals surface area contributed by atoms with Crippen LogP contribution in [0.5, 0.6) is 0 Å². The zero-order chi connectivity index (χ0) is 27.1. The molecule has 17 heteroatoms. The van der Waals surface area contributed by atoms with Gasteiger partial charge in [-0.15, -0.1) is 11.8 Å². The number of hydrogen-bond donors (Lipinski definition) is 6. The normalized spacial score (nSPS) is 11.8. The Labute approximate surface area is 206 Å². The Balaban J connectivity index is 2.04. The summed E-state index contributed by atoms with van der Waals surface area (Å²) in [6, 6.07) is 9.36. The lowest BCUT2D eigenvalue weighted by atomic mass is 10.1. The van der Waals surface area contributed by atoms with E-state index in [0.717, 1.165) is 24.3 Å². The van der Waals surface area contributed by atoms with Gasteiger partial charge in [0.1, 0.15) is 0 Å². The number of aliphatic carboxylic acids is 1. The minimum atomic E-state index is -5.65. The van der Waals surface area contributed by atoms with Gasteiger partial charge in [0.25, 0.3) is 10.0 Å². The molecule has 0 unspecified atom stereocenters. The molecule has 36 heavy (non-hydrogen) atoms. The molecule has 11 nitrogen and oxygen atoms in total. The molecule has 0 aromatic heterocycles. The molecule has 0 radical (unpaired) electrons. The van der Waals surface area contributed by atoms with Crippen molar-refractivity contribution in [2.24, 2.45) is 0 Å². The van der Waals surface area contributed by atoms with E-state index in [9.17, 15) is 40.4 Å². The van der Waals surface area contributed by atoms with Gasteiger partial charge in [-0.3, -0.25) is 20.4 Å². The van der Waals surface area contributed by atoms with Crippen LogP contribution in [0.15, 0.2) is 53.4 Å². The van der Waals surface area contributed by atoms with E-state index in [0.29, 0.717) is 5.88 Å². The number of carbonyl (C=O) groups is 3. The van der Waals surface area contributed by atoms with E-state index in [2.05, 4.69) is 15.4 Å². The second kappa shape index (κ2) is 11.3. The van der Waals surface area contributed by atoms with E-state index in [1.807, 2.05) is 5.43 Å². The molecule has 2 aromatic carbocycles. The molecule has 6 N–H and O–H groups in total. The summed E-state index contributed by atoms with van der Waals surface area (Å²) in [4.78, 5) is 33.2. The number of carbonyl (C=O) groups excluding carboxylic acids is 2. The maximum absolute atomic E-state index is 13.4. The van der Waals surface area contributed by atoms with Crippen LogP contribution in [0.2, 0.25) is 0 Å². The highest BCUT2D eigenvalue weighted by atomic mass is 32.2. The van der Waals surface area contributed by atoms with Gasteiger partial charge in [0, 0.05) is 11.4 Å². The number of nitrogens with one attached hydrogen (secondary N) is 5. The van der Waals surface area contributed by atoms with E-state index in [1.165, 1.54) is 41.5 Å². The standard InChI is InChI=1S/C19H19F4N5O6S2/c1-35-10-24-17(32)25-13-3-2-4-14(9-13)36(33,34)28-12-7-5-11(6-8-12)26-27-15(29)18(20,21)19(22,23)16(30)31/h2-9,26,28H,10H2,1H3,(H,27,29)(H,30,31)(H2,24,25,32). The number of rotatable bonds is 11. The number of urea groups is 1. The number of hydrazine groups is 1.